The van der Waals surface area contributed by atoms with E-state index < -0.39 is 0 Å². The van der Waals surface area contributed by atoms with Crippen LogP contribution in [0.2, 0.25) is 0 Å². The van der Waals surface area contributed by atoms with Gasteiger partial charge >= 0.3 is 0 Å². The molecule has 2 aromatic heterocycles. The molecule has 1 aliphatic rings. The number of nitrogens with zero attached hydrogens (tertiary/aromatic N) is 3. The van der Waals surface area contributed by atoms with E-state index in [0.29, 0.717) is 5.56 Å². The number of benzene rings is 1. The summed E-state index contributed by atoms with van der Waals surface area (Å²) >= 11 is 0. The Balaban J connectivity index is 1.57. The quantitative estimate of drug-likeness (QED) is 0.694. The Bertz CT molecular complexity index is 938. The zero-order chi connectivity index (χ0) is 18.8. The average molecular weight is 363 g/mol. The average Bonchev–Trinajstić information content (AvgIpc) is 3.16. The van der Waals surface area contributed by atoms with Crippen molar-refractivity contribution in [2.75, 3.05) is 20.2 Å². The second-order valence-corrected chi connectivity index (χ2v) is 7.16. The van der Waals surface area contributed by atoms with Crippen molar-refractivity contribution >= 4 is 16.9 Å². The first kappa shape index (κ1) is 17.6. The van der Waals surface area contributed by atoms with Crippen LogP contribution in [0.15, 0.2) is 48.8 Å². The maximum atomic E-state index is 12.9. The van der Waals surface area contributed by atoms with E-state index >= 15 is 0 Å². The fourth-order valence-corrected chi connectivity index (χ4v) is 3.82. The fraction of sp³-hybridized carbons (Fsp3) is 0.364. The van der Waals surface area contributed by atoms with Gasteiger partial charge < -0.3 is 14.2 Å². The van der Waals surface area contributed by atoms with E-state index in [0.717, 1.165) is 54.3 Å². The number of carbonyl (C=O) groups excluding carboxylic acids is 1. The Morgan fingerprint density at radius 3 is 2.59 bits per heavy atom. The Hall–Kier alpha value is -2.82. The van der Waals surface area contributed by atoms with Crippen molar-refractivity contribution < 1.29 is 9.53 Å². The second-order valence-electron chi connectivity index (χ2n) is 7.16. The molecule has 1 amide bonds. The number of rotatable bonds is 4. The van der Waals surface area contributed by atoms with Gasteiger partial charge in [-0.3, -0.25) is 4.79 Å². The molecule has 3 heterocycles. The van der Waals surface area contributed by atoms with Gasteiger partial charge in [0.25, 0.3) is 5.91 Å². The second kappa shape index (κ2) is 7.43. The molecule has 0 unspecified atom stereocenters. The van der Waals surface area contributed by atoms with Crippen LogP contribution in [-0.4, -0.2) is 40.6 Å². The topological polar surface area (TPSA) is 47.4 Å². The Morgan fingerprint density at radius 2 is 1.93 bits per heavy atom. The summed E-state index contributed by atoms with van der Waals surface area (Å²) in [4.78, 5) is 19.4. The van der Waals surface area contributed by atoms with Crippen LogP contribution in [0.25, 0.3) is 16.7 Å². The van der Waals surface area contributed by atoms with Crippen molar-refractivity contribution in [3.05, 3.63) is 54.4 Å². The van der Waals surface area contributed by atoms with Gasteiger partial charge in [0.2, 0.25) is 0 Å². The molecule has 1 saturated heterocycles. The molecule has 1 fully saturated rings. The minimum absolute atomic E-state index is 0.0937. The Labute approximate surface area is 159 Å². The van der Waals surface area contributed by atoms with Crippen LogP contribution >= 0.6 is 0 Å². The predicted molar refractivity (Wildman–Crippen MR) is 107 cm³/mol. The van der Waals surface area contributed by atoms with Crippen molar-refractivity contribution in [3.63, 3.8) is 0 Å². The first-order valence-corrected chi connectivity index (χ1v) is 9.60. The van der Waals surface area contributed by atoms with Gasteiger partial charge in [-0.25, -0.2) is 4.98 Å². The summed E-state index contributed by atoms with van der Waals surface area (Å²) in [6.45, 7) is 3.93. The maximum Gasteiger partial charge on any atom is 0.255 e. The molecule has 0 N–H and O–H groups in total. The van der Waals surface area contributed by atoms with Gasteiger partial charge in [-0.1, -0.05) is 13.3 Å². The lowest BCUT2D eigenvalue weighted by atomic mass is 9.94. The first-order chi connectivity index (χ1) is 13.2. The molecule has 27 heavy (non-hydrogen) atoms. The molecule has 5 nitrogen and oxygen atoms in total. The lowest BCUT2D eigenvalue weighted by Gasteiger charge is -2.31. The normalized spacial score (nSPS) is 15.3. The van der Waals surface area contributed by atoms with Crippen molar-refractivity contribution in [1.82, 2.24) is 14.5 Å². The summed E-state index contributed by atoms with van der Waals surface area (Å²) in [5, 5.41) is 0.972. The molecule has 1 aliphatic heterocycles. The number of likely N-dealkylation sites (tertiary alicyclic amines) is 1. The van der Waals surface area contributed by atoms with Crippen LogP contribution in [0, 0.1) is 5.92 Å². The minimum Gasteiger partial charge on any atom is -0.497 e. The summed E-state index contributed by atoms with van der Waals surface area (Å²) in [6.07, 6.45) is 7.10. The van der Waals surface area contributed by atoms with E-state index in [9.17, 15) is 4.79 Å². The number of amides is 1. The van der Waals surface area contributed by atoms with Crippen LogP contribution in [0.4, 0.5) is 0 Å². The van der Waals surface area contributed by atoms with E-state index in [1.54, 1.807) is 13.3 Å². The number of hydrogen-bond donors (Lipinski definition) is 0. The smallest absolute Gasteiger partial charge is 0.255 e. The summed E-state index contributed by atoms with van der Waals surface area (Å²) in [7, 11) is 1.66. The number of hydrogen-bond acceptors (Lipinski definition) is 3. The molecule has 4 rings (SSSR count). The largest absolute Gasteiger partial charge is 0.497 e. The number of pyridine rings is 1. The zero-order valence-electron chi connectivity index (χ0n) is 15.9. The van der Waals surface area contributed by atoms with E-state index in [4.69, 9.17) is 4.74 Å². The molecule has 0 saturated carbocycles. The van der Waals surface area contributed by atoms with E-state index in [1.807, 2.05) is 52.1 Å². The Morgan fingerprint density at radius 1 is 1.19 bits per heavy atom. The number of aromatic nitrogens is 2. The highest BCUT2D eigenvalue weighted by Crippen LogP contribution is 2.24. The van der Waals surface area contributed by atoms with Crippen LogP contribution in [-0.2, 0) is 0 Å². The lowest BCUT2D eigenvalue weighted by Crippen LogP contribution is -2.38. The summed E-state index contributed by atoms with van der Waals surface area (Å²) in [5.74, 6) is 1.67. The Kier molecular flexibility index (Phi) is 4.84. The first-order valence-electron chi connectivity index (χ1n) is 9.60. The third-order valence-corrected chi connectivity index (χ3v) is 5.60. The zero-order valence-corrected chi connectivity index (χ0v) is 15.9. The minimum atomic E-state index is 0.0937. The van der Waals surface area contributed by atoms with Crippen molar-refractivity contribution in [3.8, 4) is 11.4 Å². The molecule has 0 bridgehead atoms. The molecule has 0 spiro atoms. The van der Waals surface area contributed by atoms with Gasteiger partial charge in [0.1, 0.15) is 11.4 Å². The van der Waals surface area contributed by atoms with Crippen molar-refractivity contribution in [1.29, 1.82) is 0 Å². The molecule has 3 aromatic rings. The highest BCUT2D eigenvalue weighted by Gasteiger charge is 2.23. The predicted octanol–water partition coefficient (Wildman–Crippen LogP) is 4.30. The third-order valence-electron chi connectivity index (χ3n) is 5.60. The number of methoxy groups -OCH3 is 1. The van der Waals surface area contributed by atoms with Gasteiger partial charge in [0, 0.05) is 36.6 Å². The molecule has 0 aliphatic carbocycles. The molecule has 0 radical (unpaired) electrons. The fourth-order valence-electron chi connectivity index (χ4n) is 3.82. The van der Waals surface area contributed by atoms with Gasteiger partial charge in [-0.15, -0.1) is 0 Å². The van der Waals surface area contributed by atoms with Crippen LogP contribution in [0.3, 0.4) is 0 Å². The van der Waals surface area contributed by atoms with Gasteiger partial charge in [-0.05, 0) is 55.2 Å². The summed E-state index contributed by atoms with van der Waals surface area (Å²) in [5.41, 5.74) is 2.53. The number of carbonyl (C=O) groups is 1. The van der Waals surface area contributed by atoms with E-state index in [-0.39, 0.29) is 5.91 Å². The van der Waals surface area contributed by atoms with Gasteiger partial charge in [-0.2, -0.15) is 0 Å². The SMILES string of the molecule is CCC1CCN(C(=O)c2cnc3c(ccn3-c3ccc(OC)cc3)c2)CC1. The van der Waals surface area contributed by atoms with E-state index in [2.05, 4.69) is 11.9 Å². The number of ether oxygens (including phenoxy) is 1. The van der Waals surface area contributed by atoms with Gasteiger partial charge in [0.15, 0.2) is 0 Å². The highest BCUT2D eigenvalue weighted by atomic mass is 16.5. The lowest BCUT2D eigenvalue weighted by molar-refractivity contribution is 0.0688. The number of piperidine rings is 1. The maximum absolute atomic E-state index is 12.9. The van der Waals surface area contributed by atoms with Crippen molar-refractivity contribution in [2.24, 2.45) is 5.92 Å². The molecule has 140 valence electrons. The molecule has 1 aromatic carbocycles. The standard InChI is InChI=1S/C22H25N3O2/c1-3-16-8-11-24(12-9-16)22(26)18-14-17-10-13-25(21(17)23-15-18)19-4-6-20(27-2)7-5-19/h4-7,10,13-16H,3,8-9,11-12H2,1-2H3. The molecule has 0 atom stereocenters. The van der Waals surface area contributed by atoms with Crippen LogP contribution < -0.4 is 4.74 Å². The van der Waals surface area contributed by atoms with Crippen LogP contribution in [0.1, 0.15) is 36.5 Å². The third kappa shape index (κ3) is 3.42. The molecular weight excluding hydrogens is 338 g/mol. The monoisotopic (exact) mass is 363 g/mol. The van der Waals surface area contributed by atoms with E-state index in [1.165, 1.54) is 6.42 Å². The molecule has 5 heteroatoms. The van der Waals surface area contributed by atoms with Crippen molar-refractivity contribution in [2.45, 2.75) is 26.2 Å². The highest BCUT2D eigenvalue weighted by molar-refractivity contribution is 5.97. The van der Waals surface area contributed by atoms with Gasteiger partial charge in [0.05, 0.1) is 12.7 Å². The van der Waals surface area contributed by atoms with Crippen LogP contribution in [0.5, 0.6) is 5.75 Å². The molecular formula is C22H25N3O2. The summed E-state index contributed by atoms with van der Waals surface area (Å²) in [6, 6.07) is 11.8. The number of fused-ring (bicyclic) bond motifs is 1. The summed E-state index contributed by atoms with van der Waals surface area (Å²) < 4.78 is 7.24.